The summed E-state index contributed by atoms with van der Waals surface area (Å²) in [6.45, 7) is 0. The first-order chi connectivity index (χ1) is 10.1. The predicted octanol–water partition coefficient (Wildman–Crippen LogP) is 2.63. The van der Waals surface area contributed by atoms with Gasteiger partial charge in [-0.25, -0.2) is 13.0 Å². The maximum Gasteiger partial charge on any atom is 0.152 e. The molecule has 3 aromatic rings. The first kappa shape index (κ1) is 13.4. The molecule has 0 amide bonds. The number of aromatic nitrogens is 2. The molecule has 3 rings (SSSR count). The quantitative estimate of drug-likeness (QED) is 0.735. The number of methoxy groups -OCH3 is 1. The molecule has 0 aliphatic heterocycles. The standard InChI is InChI=1S/C13H10N3O4S/c1-19-10-7-5-9(6-8-10)16-21(17,18)12-4-2-3-11-13(12)15-20-14-11/h2-8H,1H3/q-1. The lowest BCUT2D eigenvalue weighted by Crippen LogP contribution is -1.98. The summed E-state index contributed by atoms with van der Waals surface area (Å²) >= 11 is 0. The Morgan fingerprint density at radius 2 is 1.86 bits per heavy atom. The number of nitrogens with zero attached hydrogens (tertiary/aromatic N) is 3. The highest BCUT2D eigenvalue weighted by atomic mass is 32.2. The Morgan fingerprint density at radius 1 is 1.10 bits per heavy atom. The molecule has 1 heterocycles. The Kier molecular flexibility index (Phi) is 3.22. The lowest BCUT2D eigenvalue weighted by molar-refractivity contribution is 0.315. The van der Waals surface area contributed by atoms with Gasteiger partial charge in [0.15, 0.2) is 5.52 Å². The van der Waals surface area contributed by atoms with Crippen molar-refractivity contribution in [3.63, 3.8) is 0 Å². The van der Waals surface area contributed by atoms with Gasteiger partial charge in [-0.3, -0.25) is 0 Å². The molecule has 0 atom stereocenters. The summed E-state index contributed by atoms with van der Waals surface area (Å²) in [5.41, 5.74) is 0.819. The van der Waals surface area contributed by atoms with Crippen molar-refractivity contribution in [3.05, 3.63) is 47.2 Å². The average Bonchev–Trinajstić information content (AvgIpc) is 2.95. The molecule has 0 saturated carbocycles. The number of ether oxygens (including phenoxy) is 1. The van der Waals surface area contributed by atoms with Gasteiger partial charge in [-0.1, -0.05) is 18.2 Å². The molecule has 0 radical (unpaired) electrons. The summed E-state index contributed by atoms with van der Waals surface area (Å²) in [7, 11) is -2.38. The van der Waals surface area contributed by atoms with Crippen LogP contribution in [0.5, 0.6) is 5.75 Å². The van der Waals surface area contributed by atoms with Crippen LogP contribution < -0.4 is 4.74 Å². The van der Waals surface area contributed by atoms with Gasteiger partial charge in [0.25, 0.3) is 0 Å². The first-order valence-electron chi connectivity index (χ1n) is 5.93. The van der Waals surface area contributed by atoms with Gasteiger partial charge in [-0.2, -0.15) is 0 Å². The number of sulfonamides is 1. The van der Waals surface area contributed by atoms with Crippen molar-refractivity contribution < 1.29 is 17.8 Å². The molecule has 21 heavy (non-hydrogen) atoms. The van der Waals surface area contributed by atoms with Crippen LogP contribution in [0.25, 0.3) is 15.8 Å². The molecular formula is C13H10N3O4S-. The molecule has 0 fully saturated rings. The Labute approximate surface area is 120 Å². The molecule has 0 spiro atoms. The third-order valence-corrected chi connectivity index (χ3v) is 4.16. The number of fused-ring (bicyclic) bond motifs is 1. The predicted molar refractivity (Wildman–Crippen MR) is 75.0 cm³/mol. The molecule has 0 saturated heterocycles. The van der Waals surface area contributed by atoms with E-state index in [9.17, 15) is 8.42 Å². The lowest BCUT2D eigenvalue weighted by Gasteiger charge is -2.21. The summed E-state index contributed by atoms with van der Waals surface area (Å²) < 4.78 is 38.1. The van der Waals surface area contributed by atoms with Crippen LogP contribution in [0.3, 0.4) is 0 Å². The Morgan fingerprint density at radius 3 is 2.57 bits per heavy atom. The van der Waals surface area contributed by atoms with Crippen molar-refractivity contribution in [1.82, 2.24) is 10.3 Å². The van der Waals surface area contributed by atoms with Crippen LogP contribution in [0.1, 0.15) is 0 Å². The van der Waals surface area contributed by atoms with Crippen molar-refractivity contribution in [2.75, 3.05) is 7.11 Å². The maximum atomic E-state index is 12.4. The Bertz CT molecular complexity index is 872. The van der Waals surface area contributed by atoms with E-state index in [0.29, 0.717) is 17.0 Å². The van der Waals surface area contributed by atoms with Gasteiger partial charge in [0, 0.05) is 0 Å². The zero-order chi connectivity index (χ0) is 14.9. The van der Waals surface area contributed by atoms with E-state index in [2.05, 4.69) is 19.7 Å². The van der Waals surface area contributed by atoms with Gasteiger partial charge < -0.3 is 9.46 Å². The fourth-order valence-corrected chi connectivity index (χ4v) is 2.95. The molecule has 0 N–H and O–H groups in total. The second kappa shape index (κ2) is 5.06. The average molecular weight is 304 g/mol. The largest absolute Gasteiger partial charge is 0.573 e. The summed E-state index contributed by atoms with van der Waals surface area (Å²) in [5, 5.41) is 7.22. The van der Waals surface area contributed by atoms with E-state index >= 15 is 0 Å². The van der Waals surface area contributed by atoms with Crippen LogP contribution in [-0.2, 0) is 10.0 Å². The molecule has 0 aliphatic rings. The topological polar surface area (TPSA) is 96.4 Å². The van der Waals surface area contributed by atoms with E-state index in [0.717, 1.165) is 0 Å². The van der Waals surface area contributed by atoms with E-state index < -0.39 is 10.0 Å². The zero-order valence-corrected chi connectivity index (χ0v) is 11.7. The normalized spacial score (nSPS) is 11.5. The number of hydrogen-bond donors (Lipinski definition) is 0. The third-order valence-electron chi connectivity index (χ3n) is 2.82. The minimum atomic E-state index is -3.91. The third kappa shape index (κ3) is 2.52. The molecular weight excluding hydrogens is 294 g/mol. The first-order valence-corrected chi connectivity index (χ1v) is 7.37. The van der Waals surface area contributed by atoms with Crippen molar-refractivity contribution >= 4 is 26.7 Å². The van der Waals surface area contributed by atoms with Gasteiger partial charge >= 0.3 is 0 Å². The van der Waals surface area contributed by atoms with E-state index in [1.165, 1.54) is 13.2 Å². The number of hydrogen-bond acceptors (Lipinski definition) is 6. The zero-order valence-electron chi connectivity index (χ0n) is 10.9. The van der Waals surface area contributed by atoms with Gasteiger partial charge in [0.05, 0.1) is 12.0 Å². The summed E-state index contributed by atoms with van der Waals surface area (Å²) in [4.78, 5) is -0.0444. The summed E-state index contributed by atoms with van der Waals surface area (Å²) in [6.07, 6.45) is 0. The second-order valence-corrected chi connectivity index (χ2v) is 5.73. The fraction of sp³-hybridized carbons (Fsp3) is 0.0769. The minimum Gasteiger partial charge on any atom is -0.573 e. The van der Waals surface area contributed by atoms with Crippen LogP contribution in [0, 0.1) is 0 Å². The maximum absolute atomic E-state index is 12.4. The van der Waals surface area contributed by atoms with E-state index in [1.54, 1.807) is 36.4 Å². The molecule has 7 nitrogen and oxygen atoms in total. The fourth-order valence-electron chi connectivity index (χ4n) is 1.82. The van der Waals surface area contributed by atoms with Crippen LogP contribution >= 0.6 is 0 Å². The van der Waals surface area contributed by atoms with Crippen LogP contribution in [0.4, 0.5) is 5.69 Å². The minimum absolute atomic E-state index is 0.0444. The number of benzene rings is 2. The molecule has 108 valence electrons. The van der Waals surface area contributed by atoms with Crippen molar-refractivity contribution in [3.8, 4) is 5.75 Å². The highest BCUT2D eigenvalue weighted by molar-refractivity contribution is 7.94. The van der Waals surface area contributed by atoms with Gasteiger partial charge in [0.1, 0.15) is 21.3 Å². The second-order valence-electron chi connectivity index (χ2n) is 4.15. The SMILES string of the molecule is COc1ccc([N-]S(=O)(=O)c2cccc3nonc23)cc1. The Hall–Kier alpha value is -2.61. The van der Waals surface area contributed by atoms with Gasteiger partial charge in [0.2, 0.25) is 0 Å². The highest BCUT2D eigenvalue weighted by Crippen LogP contribution is 2.31. The van der Waals surface area contributed by atoms with Crippen LogP contribution in [-0.4, -0.2) is 25.8 Å². The molecule has 0 unspecified atom stereocenters. The van der Waals surface area contributed by atoms with Crippen LogP contribution in [0.2, 0.25) is 0 Å². The van der Waals surface area contributed by atoms with Crippen LogP contribution in [0.15, 0.2) is 52.0 Å². The summed E-state index contributed by atoms with van der Waals surface area (Å²) in [6, 6.07) is 10.9. The summed E-state index contributed by atoms with van der Waals surface area (Å²) in [5.74, 6) is 0.620. The molecule has 2 aromatic carbocycles. The van der Waals surface area contributed by atoms with E-state index in [-0.39, 0.29) is 10.4 Å². The highest BCUT2D eigenvalue weighted by Gasteiger charge is 2.13. The monoisotopic (exact) mass is 304 g/mol. The Balaban J connectivity index is 1.98. The number of rotatable bonds is 4. The van der Waals surface area contributed by atoms with E-state index in [1.807, 2.05) is 0 Å². The molecule has 1 aromatic heterocycles. The van der Waals surface area contributed by atoms with Gasteiger partial charge in [-0.15, -0.1) is 5.69 Å². The smallest absolute Gasteiger partial charge is 0.152 e. The lowest BCUT2D eigenvalue weighted by atomic mass is 10.3. The van der Waals surface area contributed by atoms with Crippen molar-refractivity contribution in [2.45, 2.75) is 4.90 Å². The molecule has 8 heteroatoms. The van der Waals surface area contributed by atoms with Crippen molar-refractivity contribution in [2.24, 2.45) is 0 Å². The van der Waals surface area contributed by atoms with E-state index in [4.69, 9.17) is 4.74 Å². The van der Waals surface area contributed by atoms with Gasteiger partial charge in [-0.05, 0) is 34.6 Å². The molecule has 0 aliphatic carbocycles. The molecule has 0 bridgehead atoms. The van der Waals surface area contributed by atoms with Crippen molar-refractivity contribution in [1.29, 1.82) is 0 Å².